The van der Waals surface area contributed by atoms with Crippen molar-refractivity contribution in [2.75, 3.05) is 19.0 Å². The number of rotatable bonds is 2. The van der Waals surface area contributed by atoms with E-state index in [4.69, 9.17) is 0 Å². The molecule has 5 nitrogen and oxygen atoms in total. The minimum atomic E-state index is -0.469. The number of ether oxygens (including phenoxy) is 1. The Morgan fingerprint density at radius 3 is 3.06 bits per heavy atom. The largest absolute Gasteiger partial charge is 0.464 e. The van der Waals surface area contributed by atoms with Gasteiger partial charge in [0.1, 0.15) is 5.03 Å². The van der Waals surface area contributed by atoms with Crippen LogP contribution in [0.25, 0.3) is 0 Å². The van der Waals surface area contributed by atoms with Crippen molar-refractivity contribution in [2.45, 2.75) is 18.4 Å². The van der Waals surface area contributed by atoms with E-state index >= 15 is 0 Å². The Morgan fingerprint density at radius 1 is 1.65 bits per heavy atom. The first-order valence-electron chi connectivity index (χ1n) is 5.22. The molecule has 1 aromatic heterocycles. The van der Waals surface area contributed by atoms with Crippen molar-refractivity contribution in [2.24, 2.45) is 0 Å². The van der Waals surface area contributed by atoms with Crippen molar-refractivity contribution in [1.82, 2.24) is 4.98 Å². The minimum Gasteiger partial charge on any atom is -0.464 e. The van der Waals surface area contributed by atoms with E-state index in [1.165, 1.54) is 7.11 Å². The third-order valence-corrected chi connectivity index (χ3v) is 3.34. The maximum atomic E-state index is 11.6. The molecule has 0 bridgehead atoms. The maximum absolute atomic E-state index is 11.6. The van der Waals surface area contributed by atoms with Crippen LogP contribution in [0.5, 0.6) is 0 Å². The fourth-order valence-electron chi connectivity index (χ4n) is 1.60. The Kier molecular flexibility index (Phi) is 3.33. The van der Waals surface area contributed by atoms with Gasteiger partial charge in [0.05, 0.1) is 19.3 Å². The first kappa shape index (κ1) is 11.9. The van der Waals surface area contributed by atoms with Crippen LogP contribution in [0.3, 0.4) is 0 Å². The number of thioether (sulfide) groups is 1. The molecule has 0 spiro atoms. The highest BCUT2D eigenvalue weighted by Crippen LogP contribution is 2.31. The van der Waals surface area contributed by atoms with Crippen molar-refractivity contribution in [3.8, 4) is 0 Å². The van der Waals surface area contributed by atoms with Crippen LogP contribution in [0.2, 0.25) is 0 Å². The number of fused-ring (bicyclic) bond motifs is 1. The number of hydrogen-bond acceptors (Lipinski definition) is 6. The lowest BCUT2D eigenvalue weighted by Crippen LogP contribution is -2.19. The van der Waals surface area contributed by atoms with E-state index in [1.807, 2.05) is 13.0 Å². The van der Waals surface area contributed by atoms with Gasteiger partial charge in [0.15, 0.2) is 5.69 Å². The van der Waals surface area contributed by atoms with Crippen LogP contribution >= 0.6 is 11.8 Å². The molecule has 0 aliphatic carbocycles. The number of carbonyl (C=O) groups excluding carboxylic acids is 2. The number of pyridine rings is 1. The highest BCUT2D eigenvalue weighted by molar-refractivity contribution is 8.13. The van der Waals surface area contributed by atoms with Crippen molar-refractivity contribution >= 4 is 28.5 Å². The second-order valence-electron chi connectivity index (χ2n) is 3.52. The average Bonchev–Trinajstić information content (AvgIpc) is 2.36. The first-order valence-corrected chi connectivity index (χ1v) is 6.04. The summed E-state index contributed by atoms with van der Waals surface area (Å²) in [6, 6.07) is 1.86. The predicted octanol–water partition coefficient (Wildman–Crippen LogP) is 1.47. The van der Waals surface area contributed by atoms with Crippen LogP contribution < -0.4 is 5.32 Å². The molecule has 1 aliphatic heterocycles. The summed E-state index contributed by atoms with van der Waals surface area (Å²) >= 11 is 1.05. The third-order valence-electron chi connectivity index (χ3n) is 2.46. The summed E-state index contributed by atoms with van der Waals surface area (Å²) < 4.78 is 4.68. The lowest BCUT2D eigenvalue weighted by molar-refractivity contribution is -0.109. The molecule has 0 unspecified atom stereocenters. The molecule has 1 aromatic rings. The Bertz CT molecular complexity index is 488. The van der Waals surface area contributed by atoms with E-state index in [-0.39, 0.29) is 10.8 Å². The van der Waals surface area contributed by atoms with Gasteiger partial charge in [-0.15, -0.1) is 0 Å². The van der Waals surface area contributed by atoms with Gasteiger partial charge in [-0.25, -0.2) is 9.78 Å². The molecule has 90 valence electrons. The number of esters is 1. The van der Waals surface area contributed by atoms with E-state index in [1.54, 1.807) is 0 Å². The average molecular weight is 252 g/mol. The predicted molar refractivity (Wildman–Crippen MR) is 64.3 cm³/mol. The number of methoxy groups -OCH3 is 1. The van der Waals surface area contributed by atoms with E-state index in [2.05, 4.69) is 15.0 Å². The molecule has 6 heteroatoms. The number of hydrogen-bond donors (Lipinski definition) is 1. The highest BCUT2D eigenvalue weighted by Gasteiger charge is 2.22. The van der Waals surface area contributed by atoms with Gasteiger partial charge in [-0.1, -0.05) is 6.92 Å². The van der Waals surface area contributed by atoms with Crippen LogP contribution in [0.15, 0.2) is 11.1 Å². The Labute approximate surface area is 103 Å². The van der Waals surface area contributed by atoms with E-state index in [0.717, 1.165) is 23.0 Å². The fraction of sp³-hybridized carbons (Fsp3) is 0.364. The highest BCUT2D eigenvalue weighted by atomic mass is 32.2. The standard InChI is InChI=1S/C11H12N2O3S/c1-3-6-4-7-10(17-8(14)5-12-7)13-9(6)11(15)16-2/h4,12H,3,5H2,1-2H3. The minimum absolute atomic E-state index is 0.00920. The second kappa shape index (κ2) is 4.75. The van der Waals surface area contributed by atoms with Gasteiger partial charge in [0.25, 0.3) is 0 Å². The van der Waals surface area contributed by atoms with Crippen LogP contribution in [0.4, 0.5) is 5.69 Å². The molecule has 0 radical (unpaired) electrons. The van der Waals surface area contributed by atoms with Gasteiger partial charge in [-0.3, -0.25) is 4.79 Å². The van der Waals surface area contributed by atoms with Crippen molar-refractivity contribution in [1.29, 1.82) is 0 Å². The van der Waals surface area contributed by atoms with Gasteiger partial charge < -0.3 is 10.1 Å². The summed E-state index contributed by atoms with van der Waals surface area (Å²) in [5.74, 6) is -0.469. The molecule has 1 N–H and O–H groups in total. The Hall–Kier alpha value is -1.56. The van der Waals surface area contributed by atoms with Crippen molar-refractivity contribution in [3.63, 3.8) is 0 Å². The van der Waals surface area contributed by atoms with Crippen molar-refractivity contribution < 1.29 is 14.3 Å². The zero-order valence-corrected chi connectivity index (χ0v) is 10.4. The SMILES string of the molecule is CCc1cc2c(nc1C(=O)OC)SC(=O)CN2. The molecule has 0 saturated carbocycles. The second-order valence-corrected chi connectivity index (χ2v) is 4.57. The molecule has 17 heavy (non-hydrogen) atoms. The molecule has 2 rings (SSSR count). The molecule has 1 aliphatic rings. The molecular weight excluding hydrogens is 240 g/mol. The quantitative estimate of drug-likeness (QED) is 0.804. The summed E-state index contributed by atoms with van der Waals surface area (Å²) in [4.78, 5) is 27.0. The number of nitrogens with zero attached hydrogens (tertiary/aromatic N) is 1. The summed E-state index contributed by atoms with van der Waals surface area (Å²) in [5.41, 5.74) is 1.91. The van der Waals surface area contributed by atoms with E-state index in [0.29, 0.717) is 18.0 Å². The summed E-state index contributed by atoms with van der Waals surface area (Å²) in [6.07, 6.45) is 0.686. The van der Waals surface area contributed by atoms with Gasteiger partial charge in [-0.05, 0) is 29.8 Å². The van der Waals surface area contributed by atoms with Crippen LogP contribution in [-0.2, 0) is 16.0 Å². The number of carbonyl (C=O) groups is 2. The topological polar surface area (TPSA) is 68.3 Å². The number of nitrogens with one attached hydrogen (secondary N) is 1. The smallest absolute Gasteiger partial charge is 0.356 e. The summed E-state index contributed by atoms with van der Waals surface area (Å²) in [5, 5.41) is 3.52. The summed E-state index contributed by atoms with van der Waals surface area (Å²) in [7, 11) is 1.32. The van der Waals surface area contributed by atoms with Gasteiger partial charge in [-0.2, -0.15) is 0 Å². The Morgan fingerprint density at radius 2 is 2.41 bits per heavy atom. The third kappa shape index (κ3) is 2.26. The maximum Gasteiger partial charge on any atom is 0.356 e. The fourth-order valence-corrected chi connectivity index (χ4v) is 2.33. The zero-order valence-electron chi connectivity index (χ0n) is 9.57. The molecular formula is C11H12N2O3S. The zero-order chi connectivity index (χ0) is 12.4. The summed E-state index contributed by atoms with van der Waals surface area (Å²) in [6.45, 7) is 2.23. The van der Waals surface area contributed by atoms with Gasteiger partial charge in [0, 0.05) is 0 Å². The van der Waals surface area contributed by atoms with Crippen molar-refractivity contribution in [3.05, 3.63) is 17.3 Å². The molecule has 0 aromatic carbocycles. The van der Waals surface area contributed by atoms with Crippen LogP contribution in [0.1, 0.15) is 23.0 Å². The molecule has 0 saturated heterocycles. The number of aromatic nitrogens is 1. The van der Waals surface area contributed by atoms with Crippen LogP contribution in [0, 0.1) is 0 Å². The van der Waals surface area contributed by atoms with E-state index < -0.39 is 5.97 Å². The first-order chi connectivity index (χ1) is 8.15. The molecule has 0 fully saturated rings. The lowest BCUT2D eigenvalue weighted by Gasteiger charge is -2.17. The molecule has 0 amide bonds. The number of aryl methyl sites for hydroxylation is 1. The molecule has 0 atom stereocenters. The van der Waals surface area contributed by atoms with Gasteiger partial charge in [0.2, 0.25) is 5.12 Å². The lowest BCUT2D eigenvalue weighted by atomic mass is 10.1. The van der Waals surface area contributed by atoms with Crippen LogP contribution in [-0.4, -0.2) is 29.7 Å². The number of anilines is 1. The Balaban J connectivity index is 2.49. The van der Waals surface area contributed by atoms with E-state index in [9.17, 15) is 9.59 Å². The molecule has 2 heterocycles. The monoisotopic (exact) mass is 252 g/mol. The van der Waals surface area contributed by atoms with Gasteiger partial charge >= 0.3 is 5.97 Å². The normalized spacial score (nSPS) is 13.9.